The number of benzene rings is 1. The summed E-state index contributed by atoms with van der Waals surface area (Å²) in [5.74, 6) is 0. The van der Waals surface area contributed by atoms with E-state index in [-0.39, 0.29) is 0 Å². The number of hydrogen-bond donors (Lipinski definition) is 2. The van der Waals surface area contributed by atoms with Crippen molar-refractivity contribution >= 4 is 11.4 Å². The van der Waals surface area contributed by atoms with Gasteiger partial charge in [0.1, 0.15) is 0 Å². The van der Waals surface area contributed by atoms with Crippen molar-refractivity contribution in [2.75, 3.05) is 11.5 Å². The van der Waals surface area contributed by atoms with Crippen LogP contribution in [0.3, 0.4) is 0 Å². The van der Waals surface area contributed by atoms with Crippen LogP contribution in [-0.2, 0) is 12.8 Å². The molecular weight excluding hydrogens is 136 g/mol. The highest BCUT2D eigenvalue weighted by atomic mass is 14.7. The number of nitrogen functional groups attached to an aromatic ring is 2. The first-order valence-electron chi connectivity index (χ1n) is 3.95. The highest BCUT2D eigenvalue weighted by Gasteiger charge is 2.14. The quantitative estimate of drug-likeness (QED) is 0.545. The molecule has 0 fully saturated rings. The van der Waals surface area contributed by atoms with Crippen LogP contribution in [0.1, 0.15) is 17.5 Å². The van der Waals surface area contributed by atoms with Crippen LogP contribution < -0.4 is 11.5 Å². The number of fused-ring (bicyclic) bond motifs is 1. The Morgan fingerprint density at radius 3 is 2.73 bits per heavy atom. The van der Waals surface area contributed by atoms with Crippen molar-refractivity contribution in [1.29, 1.82) is 0 Å². The predicted octanol–water partition coefficient (Wildman–Crippen LogP) is 1.34. The first-order chi connectivity index (χ1) is 5.29. The van der Waals surface area contributed by atoms with Crippen molar-refractivity contribution in [3.05, 3.63) is 23.3 Å². The smallest absolute Gasteiger partial charge is 0.0583 e. The van der Waals surface area contributed by atoms with Gasteiger partial charge in [0.05, 0.1) is 11.4 Å². The number of nitrogens with two attached hydrogens (primary N) is 2. The summed E-state index contributed by atoms with van der Waals surface area (Å²) < 4.78 is 0. The monoisotopic (exact) mass is 148 g/mol. The highest BCUT2D eigenvalue weighted by Crippen LogP contribution is 2.30. The van der Waals surface area contributed by atoms with Crippen molar-refractivity contribution in [3.8, 4) is 0 Å². The molecule has 0 saturated heterocycles. The van der Waals surface area contributed by atoms with Crippen molar-refractivity contribution < 1.29 is 0 Å². The second kappa shape index (κ2) is 2.16. The first-order valence-corrected chi connectivity index (χ1v) is 3.95. The Morgan fingerprint density at radius 1 is 1.09 bits per heavy atom. The van der Waals surface area contributed by atoms with E-state index in [2.05, 4.69) is 6.07 Å². The molecule has 0 amide bonds. The predicted molar refractivity (Wildman–Crippen MR) is 47.3 cm³/mol. The lowest BCUT2D eigenvalue weighted by atomic mass is 10.1. The van der Waals surface area contributed by atoms with Crippen LogP contribution >= 0.6 is 0 Å². The van der Waals surface area contributed by atoms with Crippen molar-refractivity contribution in [1.82, 2.24) is 0 Å². The minimum atomic E-state index is 0.727. The SMILES string of the molecule is Nc1ccc2c(c1N)CCC2. The van der Waals surface area contributed by atoms with E-state index in [0.717, 1.165) is 17.8 Å². The number of aryl methyl sites for hydroxylation is 1. The Labute approximate surface area is 66.2 Å². The van der Waals surface area contributed by atoms with E-state index in [1.54, 1.807) is 0 Å². The third kappa shape index (κ3) is 0.862. The second-order valence-corrected chi connectivity index (χ2v) is 3.06. The maximum absolute atomic E-state index is 5.81. The maximum Gasteiger partial charge on any atom is 0.0583 e. The van der Waals surface area contributed by atoms with Gasteiger partial charge in [0.15, 0.2) is 0 Å². The van der Waals surface area contributed by atoms with E-state index in [1.165, 1.54) is 24.0 Å². The number of anilines is 2. The van der Waals surface area contributed by atoms with Crippen molar-refractivity contribution in [2.45, 2.75) is 19.3 Å². The summed E-state index contributed by atoms with van der Waals surface area (Å²) in [6.45, 7) is 0. The lowest BCUT2D eigenvalue weighted by Gasteiger charge is -2.05. The van der Waals surface area contributed by atoms with E-state index in [1.807, 2.05) is 6.07 Å². The fourth-order valence-electron chi connectivity index (χ4n) is 1.71. The molecule has 0 spiro atoms. The van der Waals surface area contributed by atoms with Crippen LogP contribution in [0.25, 0.3) is 0 Å². The molecule has 11 heavy (non-hydrogen) atoms. The molecule has 2 rings (SSSR count). The van der Waals surface area contributed by atoms with E-state index in [0.29, 0.717) is 0 Å². The molecule has 0 saturated carbocycles. The van der Waals surface area contributed by atoms with Gasteiger partial charge in [0.2, 0.25) is 0 Å². The Balaban J connectivity index is 2.62. The minimum Gasteiger partial charge on any atom is -0.397 e. The molecule has 4 N–H and O–H groups in total. The summed E-state index contributed by atoms with van der Waals surface area (Å²) in [6.07, 6.45) is 3.50. The average Bonchev–Trinajstić information content (AvgIpc) is 2.45. The Kier molecular flexibility index (Phi) is 1.28. The number of rotatable bonds is 0. The normalized spacial score (nSPS) is 14.9. The van der Waals surface area contributed by atoms with Crippen LogP contribution in [-0.4, -0.2) is 0 Å². The zero-order valence-electron chi connectivity index (χ0n) is 6.43. The molecule has 1 aromatic carbocycles. The molecule has 0 atom stereocenters. The molecule has 1 aromatic rings. The fraction of sp³-hybridized carbons (Fsp3) is 0.333. The summed E-state index contributed by atoms with van der Waals surface area (Å²) in [6, 6.07) is 3.99. The maximum atomic E-state index is 5.81. The minimum absolute atomic E-state index is 0.727. The van der Waals surface area contributed by atoms with E-state index < -0.39 is 0 Å². The van der Waals surface area contributed by atoms with Gasteiger partial charge in [-0.1, -0.05) is 6.07 Å². The molecule has 0 bridgehead atoms. The highest BCUT2D eigenvalue weighted by molar-refractivity contribution is 5.70. The molecular formula is C9H12N2. The van der Waals surface area contributed by atoms with Gasteiger partial charge in [-0.15, -0.1) is 0 Å². The molecule has 1 aliphatic carbocycles. The van der Waals surface area contributed by atoms with Crippen LogP contribution in [0, 0.1) is 0 Å². The molecule has 0 heterocycles. The first kappa shape index (κ1) is 6.53. The largest absolute Gasteiger partial charge is 0.397 e. The van der Waals surface area contributed by atoms with Gasteiger partial charge in [-0.25, -0.2) is 0 Å². The molecule has 0 unspecified atom stereocenters. The third-order valence-corrected chi connectivity index (χ3v) is 2.36. The van der Waals surface area contributed by atoms with Crippen LogP contribution in [0.15, 0.2) is 12.1 Å². The van der Waals surface area contributed by atoms with Gasteiger partial charge >= 0.3 is 0 Å². The van der Waals surface area contributed by atoms with Gasteiger partial charge in [-0.3, -0.25) is 0 Å². The Hall–Kier alpha value is -1.18. The van der Waals surface area contributed by atoms with Gasteiger partial charge in [-0.2, -0.15) is 0 Å². The summed E-state index contributed by atoms with van der Waals surface area (Å²) in [5.41, 5.74) is 15.7. The summed E-state index contributed by atoms with van der Waals surface area (Å²) >= 11 is 0. The standard InChI is InChI=1S/C9H12N2/c10-8-5-4-6-2-1-3-7(6)9(8)11/h4-5H,1-3,10-11H2. The fourth-order valence-corrected chi connectivity index (χ4v) is 1.71. The van der Waals surface area contributed by atoms with E-state index in [4.69, 9.17) is 11.5 Å². The summed E-state index contributed by atoms with van der Waals surface area (Å²) in [4.78, 5) is 0. The Morgan fingerprint density at radius 2 is 1.91 bits per heavy atom. The molecule has 1 aliphatic rings. The molecule has 58 valence electrons. The lowest BCUT2D eigenvalue weighted by Crippen LogP contribution is -1.99. The molecule has 2 nitrogen and oxygen atoms in total. The molecule has 0 radical (unpaired) electrons. The average molecular weight is 148 g/mol. The topological polar surface area (TPSA) is 52.0 Å². The van der Waals surface area contributed by atoms with Gasteiger partial charge < -0.3 is 11.5 Å². The summed E-state index contributed by atoms with van der Waals surface area (Å²) in [5, 5.41) is 0. The van der Waals surface area contributed by atoms with Crippen molar-refractivity contribution in [2.24, 2.45) is 0 Å². The van der Waals surface area contributed by atoms with Gasteiger partial charge in [0.25, 0.3) is 0 Å². The third-order valence-electron chi connectivity index (χ3n) is 2.36. The van der Waals surface area contributed by atoms with Crippen LogP contribution in [0.4, 0.5) is 11.4 Å². The van der Waals surface area contributed by atoms with Gasteiger partial charge in [0, 0.05) is 0 Å². The molecule has 0 aromatic heterocycles. The number of hydrogen-bond acceptors (Lipinski definition) is 2. The molecule has 0 aliphatic heterocycles. The zero-order valence-corrected chi connectivity index (χ0v) is 6.43. The van der Waals surface area contributed by atoms with Crippen LogP contribution in [0.5, 0.6) is 0 Å². The second-order valence-electron chi connectivity index (χ2n) is 3.06. The van der Waals surface area contributed by atoms with E-state index >= 15 is 0 Å². The molecule has 2 heteroatoms. The van der Waals surface area contributed by atoms with E-state index in [9.17, 15) is 0 Å². The van der Waals surface area contributed by atoms with Crippen LogP contribution in [0.2, 0.25) is 0 Å². The van der Waals surface area contributed by atoms with Gasteiger partial charge in [-0.05, 0) is 36.5 Å². The Bertz CT molecular complexity index is 292. The summed E-state index contributed by atoms with van der Waals surface area (Å²) in [7, 11) is 0. The van der Waals surface area contributed by atoms with Crippen molar-refractivity contribution in [3.63, 3.8) is 0 Å². The lowest BCUT2D eigenvalue weighted by molar-refractivity contribution is 0.912. The zero-order chi connectivity index (χ0) is 7.84.